The van der Waals surface area contributed by atoms with Crippen molar-refractivity contribution < 1.29 is 13.6 Å². The van der Waals surface area contributed by atoms with Crippen LogP contribution in [0.25, 0.3) is 33.9 Å². The molecule has 3 aromatic carbocycles. The quantitative estimate of drug-likeness (QED) is 0.254. The molecular weight excluding hydrogens is 482 g/mol. The summed E-state index contributed by atoms with van der Waals surface area (Å²) >= 11 is 11.3. The number of carbonyl (C=O) groups excluding carboxylic acids is 1. The van der Waals surface area contributed by atoms with Gasteiger partial charge in [-0.2, -0.15) is 0 Å². The smallest absolute Gasteiger partial charge is 0.293 e. The Kier molecular flexibility index (Phi) is 6.11. The Morgan fingerprint density at radius 1 is 0.914 bits per heavy atom. The predicted molar refractivity (Wildman–Crippen MR) is 142 cm³/mol. The van der Waals surface area contributed by atoms with Gasteiger partial charge < -0.3 is 14.2 Å². The standard InChI is InChI=1S/C27H20ClN3O3S/c1-15-6-7-18(12-16(15)2)26-30-21-14-20(8-9-23(21)34-26)29-27(35)31-25(32)24-11-10-22(33-24)17-4-3-5-19(28)13-17/h3-14H,1-2H3,(H2,29,31,32,35). The van der Waals surface area contributed by atoms with Gasteiger partial charge in [-0.15, -0.1) is 0 Å². The van der Waals surface area contributed by atoms with Crippen molar-refractivity contribution in [2.24, 2.45) is 0 Å². The van der Waals surface area contributed by atoms with Crippen LogP contribution in [0.15, 0.2) is 81.6 Å². The first-order chi connectivity index (χ1) is 16.9. The number of thiocarbonyl (C=S) groups is 1. The highest BCUT2D eigenvalue weighted by atomic mass is 35.5. The minimum Gasteiger partial charge on any atom is -0.451 e. The second-order valence-electron chi connectivity index (χ2n) is 8.08. The molecule has 5 aromatic rings. The van der Waals surface area contributed by atoms with Crippen LogP contribution in [0.4, 0.5) is 5.69 Å². The van der Waals surface area contributed by atoms with Gasteiger partial charge in [0.1, 0.15) is 11.3 Å². The van der Waals surface area contributed by atoms with Gasteiger partial charge in [0.05, 0.1) is 0 Å². The Hall–Kier alpha value is -3.94. The van der Waals surface area contributed by atoms with E-state index in [0.29, 0.717) is 33.5 Å². The predicted octanol–water partition coefficient (Wildman–Crippen LogP) is 7.15. The summed E-state index contributed by atoms with van der Waals surface area (Å²) in [5.74, 6) is 0.751. The number of hydrogen-bond acceptors (Lipinski definition) is 5. The number of benzene rings is 3. The number of aromatic nitrogens is 1. The first kappa shape index (κ1) is 22.8. The van der Waals surface area contributed by atoms with Crippen molar-refractivity contribution in [3.8, 4) is 22.8 Å². The van der Waals surface area contributed by atoms with Crippen molar-refractivity contribution in [2.75, 3.05) is 5.32 Å². The van der Waals surface area contributed by atoms with E-state index in [2.05, 4.69) is 35.5 Å². The minimum atomic E-state index is -0.463. The average molecular weight is 502 g/mol. The molecule has 8 heteroatoms. The van der Waals surface area contributed by atoms with Gasteiger partial charge in [-0.3, -0.25) is 10.1 Å². The van der Waals surface area contributed by atoms with Crippen molar-refractivity contribution in [2.45, 2.75) is 13.8 Å². The molecule has 6 nitrogen and oxygen atoms in total. The Labute approximate surface area is 211 Å². The van der Waals surface area contributed by atoms with Gasteiger partial charge in [0.2, 0.25) is 5.89 Å². The maximum absolute atomic E-state index is 12.6. The minimum absolute atomic E-state index is 0.132. The van der Waals surface area contributed by atoms with E-state index < -0.39 is 5.91 Å². The van der Waals surface area contributed by atoms with E-state index in [9.17, 15) is 4.79 Å². The Bertz CT molecular complexity index is 1590. The molecule has 0 aliphatic heterocycles. The first-order valence-electron chi connectivity index (χ1n) is 10.8. The normalized spacial score (nSPS) is 10.9. The second kappa shape index (κ2) is 9.37. The van der Waals surface area contributed by atoms with Gasteiger partial charge in [0.25, 0.3) is 5.91 Å². The lowest BCUT2D eigenvalue weighted by molar-refractivity contribution is 0.0951. The van der Waals surface area contributed by atoms with Gasteiger partial charge in [-0.25, -0.2) is 4.98 Å². The highest BCUT2D eigenvalue weighted by molar-refractivity contribution is 7.80. The SMILES string of the molecule is Cc1ccc(-c2nc3cc(NC(=S)NC(=O)c4ccc(-c5cccc(Cl)c5)o4)ccc3o2)cc1C. The highest BCUT2D eigenvalue weighted by Gasteiger charge is 2.15. The number of anilines is 1. The number of amides is 1. The van der Waals surface area contributed by atoms with Crippen LogP contribution in [-0.4, -0.2) is 16.0 Å². The summed E-state index contributed by atoms with van der Waals surface area (Å²) in [4.78, 5) is 17.2. The number of carbonyl (C=O) groups is 1. The highest BCUT2D eigenvalue weighted by Crippen LogP contribution is 2.28. The van der Waals surface area contributed by atoms with Crippen LogP contribution in [0, 0.1) is 13.8 Å². The largest absolute Gasteiger partial charge is 0.451 e. The molecule has 0 aliphatic carbocycles. The lowest BCUT2D eigenvalue weighted by Gasteiger charge is -2.08. The molecule has 0 saturated heterocycles. The van der Waals surface area contributed by atoms with Crippen molar-refractivity contribution in [3.63, 3.8) is 0 Å². The van der Waals surface area contributed by atoms with Gasteiger partial charge in [-0.05, 0) is 91.8 Å². The molecule has 0 aliphatic rings. The van der Waals surface area contributed by atoms with Gasteiger partial charge in [0.15, 0.2) is 16.5 Å². The monoisotopic (exact) mass is 501 g/mol. The number of aryl methyl sites for hydroxylation is 2. The van der Waals surface area contributed by atoms with Crippen LogP contribution in [0.1, 0.15) is 21.7 Å². The van der Waals surface area contributed by atoms with Gasteiger partial charge in [0, 0.05) is 21.8 Å². The van der Waals surface area contributed by atoms with Crippen molar-refractivity contribution >= 4 is 51.6 Å². The van der Waals surface area contributed by atoms with Crippen molar-refractivity contribution in [3.05, 3.63) is 94.7 Å². The number of nitrogens with one attached hydrogen (secondary N) is 2. The molecule has 0 spiro atoms. The molecular formula is C27H20ClN3O3S. The number of halogens is 1. The second-order valence-corrected chi connectivity index (χ2v) is 8.93. The fraction of sp³-hybridized carbons (Fsp3) is 0.0741. The van der Waals surface area contributed by atoms with Gasteiger partial charge in [-0.1, -0.05) is 29.8 Å². The first-order valence-corrected chi connectivity index (χ1v) is 11.6. The molecule has 5 rings (SSSR count). The van der Waals surface area contributed by atoms with Crippen LogP contribution in [-0.2, 0) is 0 Å². The van der Waals surface area contributed by atoms with E-state index >= 15 is 0 Å². The van der Waals surface area contributed by atoms with Crippen LogP contribution in [0.2, 0.25) is 5.02 Å². The molecule has 2 heterocycles. The maximum Gasteiger partial charge on any atom is 0.293 e. The zero-order valence-electron chi connectivity index (χ0n) is 18.9. The van der Waals surface area contributed by atoms with Crippen LogP contribution >= 0.6 is 23.8 Å². The summed E-state index contributed by atoms with van der Waals surface area (Å²) in [5, 5.41) is 6.35. The topological polar surface area (TPSA) is 80.3 Å². The summed E-state index contributed by atoms with van der Waals surface area (Å²) < 4.78 is 11.6. The summed E-state index contributed by atoms with van der Waals surface area (Å²) in [7, 11) is 0. The van der Waals surface area contributed by atoms with Crippen molar-refractivity contribution in [1.29, 1.82) is 0 Å². The molecule has 2 aromatic heterocycles. The number of nitrogens with zero attached hydrogens (tertiary/aromatic N) is 1. The van der Waals surface area contributed by atoms with E-state index in [-0.39, 0.29) is 10.9 Å². The summed E-state index contributed by atoms with van der Waals surface area (Å²) in [6.07, 6.45) is 0. The zero-order chi connectivity index (χ0) is 24.5. The molecule has 174 valence electrons. The molecule has 0 bridgehead atoms. The van der Waals surface area contributed by atoms with Crippen LogP contribution in [0.3, 0.4) is 0 Å². The fourth-order valence-electron chi connectivity index (χ4n) is 3.59. The number of rotatable bonds is 4. The average Bonchev–Trinajstić information content (AvgIpc) is 3.48. The molecule has 1 amide bonds. The van der Waals surface area contributed by atoms with E-state index in [0.717, 1.165) is 11.1 Å². The zero-order valence-corrected chi connectivity index (χ0v) is 20.5. The number of hydrogen-bond donors (Lipinski definition) is 2. The van der Waals surface area contributed by atoms with Gasteiger partial charge >= 0.3 is 0 Å². The Morgan fingerprint density at radius 3 is 2.57 bits per heavy atom. The molecule has 0 unspecified atom stereocenters. The molecule has 2 N–H and O–H groups in total. The van der Waals surface area contributed by atoms with E-state index in [1.54, 1.807) is 30.3 Å². The third-order valence-electron chi connectivity index (χ3n) is 5.57. The van der Waals surface area contributed by atoms with E-state index in [1.165, 1.54) is 11.1 Å². The van der Waals surface area contributed by atoms with Crippen LogP contribution < -0.4 is 10.6 Å². The third-order valence-corrected chi connectivity index (χ3v) is 6.00. The maximum atomic E-state index is 12.6. The number of furan rings is 1. The Morgan fingerprint density at radius 2 is 1.77 bits per heavy atom. The molecule has 0 saturated carbocycles. The summed E-state index contributed by atoms with van der Waals surface area (Å²) in [6, 6.07) is 22.0. The van der Waals surface area contributed by atoms with Crippen molar-refractivity contribution in [1.82, 2.24) is 10.3 Å². The fourth-order valence-corrected chi connectivity index (χ4v) is 3.99. The summed E-state index contributed by atoms with van der Waals surface area (Å²) in [6.45, 7) is 4.12. The van der Waals surface area contributed by atoms with E-state index in [1.807, 2.05) is 36.4 Å². The lowest BCUT2D eigenvalue weighted by atomic mass is 10.1. The van der Waals surface area contributed by atoms with Crippen LogP contribution in [0.5, 0.6) is 0 Å². The lowest BCUT2D eigenvalue weighted by Crippen LogP contribution is -2.33. The molecule has 0 radical (unpaired) electrons. The van der Waals surface area contributed by atoms with E-state index in [4.69, 9.17) is 32.7 Å². The third kappa shape index (κ3) is 4.96. The Balaban J connectivity index is 1.27. The number of fused-ring (bicyclic) bond motifs is 1. The summed E-state index contributed by atoms with van der Waals surface area (Å²) in [5.41, 5.74) is 6.07. The number of oxazole rings is 1. The molecule has 0 fully saturated rings. The molecule has 0 atom stereocenters. The molecule has 35 heavy (non-hydrogen) atoms.